The van der Waals surface area contributed by atoms with Gasteiger partial charge < -0.3 is 10.1 Å². The van der Waals surface area contributed by atoms with Crippen LogP contribution in [0.2, 0.25) is 0 Å². The molecule has 0 aliphatic carbocycles. The van der Waals surface area contributed by atoms with Crippen LogP contribution >= 0.6 is 0 Å². The van der Waals surface area contributed by atoms with Crippen molar-refractivity contribution in [2.24, 2.45) is 0 Å². The van der Waals surface area contributed by atoms with Gasteiger partial charge in [-0.2, -0.15) is 0 Å². The second-order valence-electron chi connectivity index (χ2n) is 6.32. The average Bonchev–Trinajstić information content (AvgIpc) is 2.47. The molecule has 0 bridgehead atoms. The minimum Gasteiger partial charge on any atom is -0.493 e. The van der Waals surface area contributed by atoms with E-state index in [0.717, 1.165) is 12.2 Å². The van der Waals surface area contributed by atoms with Crippen LogP contribution in [0.4, 0.5) is 0 Å². The van der Waals surface area contributed by atoms with Gasteiger partial charge in [0.05, 0.1) is 6.61 Å². The second-order valence-corrected chi connectivity index (χ2v) is 6.32. The number of carbonyl (C=O) groups is 1. The van der Waals surface area contributed by atoms with Gasteiger partial charge in [-0.1, -0.05) is 36.4 Å². The van der Waals surface area contributed by atoms with E-state index in [1.54, 1.807) is 12.1 Å². The largest absolute Gasteiger partial charge is 0.493 e. The summed E-state index contributed by atoms with van der Waals surface area (Å²) in [7, 11) is 0. The molecule has 0 fully saturated rings. The first kappa shape index (κ1) is 16.1. The molecule has 0 saturated heterocycles. The fourth-order valence-corrected chi connectivity index (χ4v) is 2.07. The highest BCUT2D eigenvalue weighted by Gasteiger charge is 2.15. The molecular weight excluding hydrogens is 274 g/mol. The van der Waals surface area contributed by atoms with E-state index >= 15 is 0 Å². The van der Waals surface area contributed by atoms with E-state index in [0.29, 0.717) is 12.2 Å². The minimum atomic E-state index is -0.249. The fourth-order valence-electron chi connectivity index (χ4n) is 2.07. The van der Waals surface area contributed by atoms with E-state index in [-0.39, 0.29) is 11.4 Å². The van der Waals surface area contributed by atoms with Crippen molar-refractivity contribution in [3.05, 3.63) is 65.7 Å². The third-order valence-electron chi connectivity index (χ3n) is 3.09. The van der Waals surface area contributed by atoms with Crippen molar-refractivity contribution in [1.29, 1.82) is 0 Å². The lowest BCUT2D eigenvalue weighted by Crippen LogP contribution is -2.40. The molecule has 0 aliphatic rings. The molecule has 1 amide bonds. The predicted molar refractivity (Wildman–Crippen MR) is 89.3 cm³/mol. The quantitative estimate of drug-likeness (QED) is 0.910. The molecule has 0 saturated carbocycles. The Morgan fingerprint density at radius 2 is 1.77 bits per heavy atom. The van der Waals surface area contributed by atoms with Crippen LogP contribution in [0.1, 0.15) is 36.7 Å². The smallest absolute Gasteiger partial charge is 0.251 e. The number of ether oxygens (including phenoxy) is 1. The zero-order valence-corrected chi connectivity index (χ0v) is 13.4. The van der Waals surface area contributed by atoms with E-state index in [9.17, 15) is 4.79 Å². The van der Waals surface area contributed by atoms with E-state index < -0.39 is 0 Å². The van der Waals surface area contributed by atoms with Crippen molar-refractivity contribution in [2.75, 3.05) is 6.61 Å². The Kier molecular flexibility index (Phi) is 5.21. The Bertz CT molecular complexity index is 615. The molecule has 0 heterocycles. The van der Waals surface area contributed by atoms with Crippen molar-refractivity contribution in [1.82, 2.24) is 5.32 Å². The van der Waals surface area contributed by atoms with Crippen LogP contribution in [0.15, 0.2) is 54.6 Å². The van der Waals surface area contributed by atoms with Crippen molar-refractivity contribution in [2.45, 2.75) is 32.7 Å². The SMILES string of the molecule is CC(C)(C)NC(=O)c1cccc(OCCc2ccccc2)c1. The zero-order valence-electron chi connectivity index (χ0n) is 13.4. The van der Waals surface area contributed by atoms with Crippen molar-refractivity contribution < 1.29 is 9.53 Å². The first-order valence-electron chi connectivity index (χ1n) is 7.53. The van der Waals surface area contributed by atoms with Crippen LogP contribution in [0, 0.1) is 0 Å². The summed E-state index contributed by atoms with van der Waals surface area (Å²) < 4.78 is 5.75. The van der Waals surface area contributed by atoms with Crippen molar-refractivity contribution >= 4 is 5.91 Å². The molecule has 0 radical (unpaired) electrons. The summed E-state index contributed by atoms with van der Waals surface area (Å²) in [6.07, 6.45) is 0.846. The summed E-state index contributed by atoms with van der Waals surface area (Å²) in [5.74, 6) is 0.637. The molecule has 3 heteroatoms. The van der Waals surface area contributed by atoms with Crippen molar-refractivity contribution in [3.8, 4) is 5.75 Å². The van der Waals surface area contributed by atoms with Gasteiger partial charge in [0, 0.05) is 17.5 Å². The Morgan fingerprint density at radius 1 is 1.05 bits per heavy atom. The second kappa shape index (κ2) is 7.12. The van der Waals surface area contributed by atoms with Gasteiger partial charge in [-0.25, -0.2) is 0 Å². The summed E-state index contributed by atoms with van der Waals surface area (Å²) in [6.45, 7) is 6.48. The highest BCUT2D eigenvalue weighted by atomic mass is 16.5. The average molecular weight is 297 g/mol. The molecule has 0 aromatic heterocycles. The number of hydrogen-bond donors (Lipinski definition) is 1. The Labute approximate surface area is 132 Å². The van der Waals surface area contributed by atoms with E-state index in [4.69, 9.17) is 4.74 Å². The Morgan fingerprint density at radius 3 is 2.45 bits per heavy atom. The van der Waals surface area contributed by atoms with Crippen LogP contribution in [0.3, 0.4) is 0 Å². The Hall–Kier alpha value is -2.29. The van der Waals surface area contributed by atoms with Crippen LogP contribution in [-0.2, 0) is 6.42 Å². The molecule has 2 aromatic rings. The molecule has 1 N–H and O–H groups in total. The highest BCUT2D eigenvalue weighted by molar-refractivity contribution is 5.95. The summed E-state index contributed by atoms with van der Waals surface area (Å²) in [5.41, 5.74) is 1.61. The summed E-state index contributed by atoms with van der Waals surface area (Å²) in [6, 6.07) is 17.5. The highest BCUT2D eigenvalue weighted by Crippen LogP contribution is 2.15. The van der Waals surface area contributed by atoms with Crippen LogP contribution in [0.25, 0.3) is 0 Å². The Balaban J connectivity index is 1.92. The summed E-state index contributed by atoms with van der Waals surface area (Å²) in [4.78, 5) is 12.1. The lowest BCUT2D eigenvalue weighted by Gasteiger charge is -2.20. The lowest BCUT2D eigenvalue weighted by molar-refractivity contribution is 0.0919. The topological polar surface area (TPSA) is 38.3 Å². The van der Waals surface area contributed by atoms with E-state index in [1.165, 1.54) is 5.56 Å². The number of nitrogens with one attached hydrogen (secondary N) is 1. The third-order valence-corrected chi connectivity index (χ3v) is 3.09. The van der Waals surface area contributed by atoms with Crippen LogP contribution in [0.5, 0.6) is 5.75 Å². The molecule has 0 atom stereocenters. The van der Waals surface area contributed by atoms with E-state index in [1.807, 2.05) is 51.1 Å². The standard InChI is InChI=1S/C19H23NO2/c1-19(2,3)20-18(21)16-10-7-11-17(14-16)22-13-12-15-8-5-4-6-9-15/h4-11,14H,12-13H2,1-3H3,(H,20,21). The zero-order chi connectivity index (χ0) is 16.0. The maximum Gasteiger partial charge on any atom is 0.251 e. The van der Waals surface area contributed by atoms with Gasteiger partial charge in [-0.05, 0) is 44.5 Å². The molecule has 2 aromatic carbocycles. The summed E-state index contributed by atoms with van der Waals surface area (Å²) in [5, 5.41) is 2.95. The molecule has 2 rings (SSSR count). The number of carbonyl (C=O) groups excluding carboxylic acids is 1. The van der Waals surface area contributed by atoms with Gasteiger partial charge in [0.1, 0.15) is 5.75 Å². The first-order valence-corrected chi connectivity index (χ1v) is 7.53. The van der Waals surface area contributed by atoms with Crippen LogP contribution < -0.4 is 10.1 Å². The fraction of sp³-hybridized carbons (Fsp3) is 0.316. The van der Waals surface area contributed by atoms with Crippen LogP contribution in [-0.4, -0.2) is 18.1 Å². The van der Waals surface area contributed by atoms with Gasteiger partial charge in [-0.3, -0.25) is 4.79 Å². The third kappa shape index (κ3) is 5.24. The lowest BCUT2D eigenvalue weighted by atomic mass is 10.1. The number of rotatable bonds is 5. The summed E-state index contributed by atoms with van der Waals surface area (Å²) >= 11 is 0. The first-order chi connectivity index (χ1) is 10.4. The molecule has 0 aliphatic heterocycles. The number of hydrogen-bond acceptors (Lipinski definition) is 2. The van der Waals surface area contributed by atoms with Gasteiger partial charge in [-0.15, -0.1) is 0 Å². The van der Waals surface area contributed by atoms with Gasteiger partial charge in [0.2, 0.25) is 0 Å². The molecule has 116 valence electrons. The number of benzene rings is 2. The molecule has 0 spiro atoms. The monoisotopic (exact) mass is 297 g/mol. The van der Waals surface area contributed by atoms with Gasteiger partial charge in [0.15, 0.2) is 0 Å². The van der Waals surface area contributed by atoms with Gasteiger partial charge >= 0.3 is 0 Å². The normalized spacial score (nSPS) is 11.0. The van der Waals surface area contributed by atoms with Gasteiger partial charge in [0.25, 0.3) is 5.91 Å². The number of amides is 1. The maximum absolute atomic E-state index is 12.1. The molecular formula is C19H23NO2. The maximum atomic E-state index is 12.1. The molecule has 22 heavy (non-hydrogen) atoms. The van der Waals surface area contributed by atoms with Crippen molar-refractivity contribution in [3.63, 3.8) is 0 Å². The van der Waals surface area contributed by atoms with E-state index in [2.05, 4.69) is 17.4 Å². The molecule has 3 nitrogen and oxygen atoms in total. The minimum absolute atomic E-state index is 0.0824. The predicted octanol–water partition coefficient (Wildman–Crippen LogP) is 3.84. The molecule has 0 unspecified atom stereocenters.